The van der Waals surface area contributed by atoms with Crippen LogP contribution in [0.4, 0.5) is 5.69 Å². The number of ether oxygens (including phenoxy) is 1. The number of nitrogens with zero attached hydrogens (tertiary/aromatic N) is 3. The standard InChI is InChI=1S/C19H17BrClN3O3/c1-2-8-24-16-7-6-12(20)9-15(16)18(19(24)26)23-22-17(25)11-27-14-5-3-4-13(21)10-14/h3-7,9-10,26H,2,8,11H2,1H3. The summed E-state index contributed by atoms with van der Waals surface area (Å²) in [4.78, 5) is 12.0. The summed E-state index contributed by atoms with van der Waals surface area (Å²) in [5, 5.41) is 19.4. The van der Waals surface area contributed by atoms with Crippen molar-refractivity contribution in [3.8, 4) is 11.6 Å². The molecule has 140 valence electrons. The highest BCUT2D eigenvalue weighted by atomic mass is 79.9. The van der Waals surface area contributed by atoms with Crippen LogP contribution in [0.1, 0.15) is 13.3 Å². The van der Waals surface area contributed by atoms with Gasteiger partial charge in [-0.2, -0.15) is 0 Å². The molecule has 8 heteroatoms. The molecule has 0 atom stereocenters. The Hall–Kier alpha value is -2.38. The number of aromatic hydroxyl groups is 1. The van der Waals surface area contributed by atoms with Crippen molar-refractivity contribution in [1.82, 2.24) is 4.57 Å². The van der Waals surface area contributed by atoms with Gasteiger partial charge in [-0.1, -0.05) is 40.5 Å². The fourth-order valence-corrected chi connectivity index (χ4v) is 3.22. The number of rotatable bonds is 6. The molecule has 0 saturated heterocycles. The number of amides is 1. The van der Waals surface area contributed by atoms with Crippen LogP contribution in [-0.2, 0) is 11.3 Å². The third-order valence-electron chi connectivity index (χ3n) is 3.84. The number of aromatic nitrogens is 1. The molecular formula is C19H17BrClN3O3. The molecule has 1 heterocycles. The number of hydrogen-bond donors (Lipinski definition) is 1. The van der Waals surface area contributed by atoms with Gasteiger partial charge in [-0.15, -0.1) is 10.2 Å². The van der Waals surface area contributed by atoms with E-state index in [4.69, 9.17) is 16.3 Å². The minimum atomic E-state index is -0.569. The zero-order chi connectivity index (χ0) is 19.4. The maximum atomic E-state index is 12.0. The SMILES string of the molecule is CCCn1c(O)c(N=NC(=O)COc2cccc(Cl)c2)c2cc(Br)ccc21. The molecule has 0 aliphatic heterocycles. The minimum Gasteiger partial charge on any atom is -0.493 e. The Bertz CT molecular complexity index is 1020. The number of fused-ring (bicyclic) bond motifs is 1. The summed E-state index contributed by atoms with van der Waals surface area (Å²) in [6.07, 6.45) is 0.844. The zero-order valence-corrected chi connectivity index (χ0v) is 16.9. The summed E-state index contributed by atoms with van der Waals surface area (Å²) in [7, 11) is 0. The lowest BCUT2D eigenvalue weighted by Crippen LogP contribution is -2.07. The first kappa shape index (κ1) is 19.4. The predicted molar refractivity (Wildman–Crippen MR) is 108 cm³/mol. The van der Waals surface area contributed by atoms with Gasteiger partial charge in [-0.3, -0.25) is 4.79 Å². The highest BCUT2D eigenvalue weighted by Crippen LogP contribution is 2.40. The molecule has 3 aromatic rings. The van der Waals surface area contributed by atoms with E-state index in [-0.39, 0.29) is 18.2 Å². The van der Waals surface area contributed by atoms with Crippen molar-refractivity contribution < 1.29 is 14.6 Å². The van der Waals surface area contributed by atoms with Crippen molar-refractivity contribution in [1.29, 1.82) is 0 Å². The van der Waals surface area contributed by atoms with Crippen LogP contribution in [0.15, 0.2) is 57.2 Å². The molecule has 1 aromatic heterocycles. The Morgan fingerprint density at radius 3 is 2.85 bits per heavy atom. The summed E-state index contributed by atoms with van der Waals surface area (Å²) >= 11 is 9.29. The van der Waals surface area contributed by atoms with Crippen molar-refractivity contribution >= 4 is 50.0 Å². The number of benzene rings is 2. The van der Waals surface area contributed by atoms with E-state index < -0.39 is 5.91 Å². The van der Waals surface area contributed by atoms with Crippen LogP contribution in [0.5, 0.6) is 11.6 Å². The van der Waals surface area contributed by atoms with Gasteiger partial charge in [-0.25, -0.2) is 0 Å². The van der Waals surface area contributed by atoms with Gasteiger partial charge in [0.1, 0.15) is 5.75 Å². The second-order valence-electron chi connectivity index (χ2n) is 5.83. The van der Waals surface area contributed by atoms with Crippen molar-refractivity contribution in [3.05, 3.63) is 52.0 Å². The van der Waals surface area contributed by atoms with Gasteiger partial charge < -0.3 is 14.4 Å². The average Bonchev–Trinajstić information content (AvgIpc) is 2.89. The van der Waals surface area contributed by atoms with Gasteiger partial charge in [0.15, 0.2) is 12.3 Å². The van der Waals surface area contributed by atoms with Gasteiger partial charge in [0.2, 0.25) is 5.88 Å². The Morgan fingerprint density at radius 2 is 2.11 bits per heavy atom. The monoisotopic (exact) mass is 449 g/mol. The van der Waals surface area contributed by atoms with Gasteiger partial charge in [0, 0.05) is 21.4 Å². The Kier molecular flexibility index (Phi) is 6.13. The van der Waals surface area contributed by atoms with E-state index >= 15 is 0 Å². The molecule has 0 aliphatic rings. The molecule has 27 heavy (non-hydrogen) atoms. The molecule has 1 N–H and O–H groups in total. The van der Waals surface area contributed by atoms with Crippen LogP contribution in [0, 0.1) is 0 Å². The molecule has 0 unspecified atom stereocenters. The second-order valence-corrected chi connectivity index (χ2v) is 7.18. The molecule has 3 rings (SSSR count). The van der Waals surface area contributed by atoms with Gasteiger partial charge in [0.05, 0.1) is 5.52 Å². The van der Waals surface area contributed by atoms with E-state index in [0.29, 0.717) is 22.7 Å². The molecule has 0 radical (unpaired) electrons. The highest BCUT2D eigenvalue weighted by Gasteiger charge is 2.17. The largest absolute Gasteiger partial charge is 0.493 e. The summed E-state index contributed by atoms with van der Waals surface area (Å²) < 4.78 is 7.95. The molecule has 0 aliphatic carbocycles. The fourth-order valence-electron chi connectivity index (χ4n) is 2.68. The molecule has 1 amide bonds. The predicted octanol–water partition coefficient (Wildman–Crippen LogP) is 5.86. The van der Waals surface area contributed by atoms with Gasteiger partial charge in [-0.05, 0) is 42.8 Å². The molecule has 0 bridgehead atoms. The van der Waals surface area contributed by atoms with Crippen LogP contribution in [0.25, 0.3) is 10.9 Å². The summed E-state index contributed by atoms with van der Waals surface area (Å²) in [5.41, 5.74) is 1.09. The van der Waals surface area contributed by atoms with E-state index in [0.717, 1.165) is 16.4 Å². The quantitative estimate of drug-likeness (QED) is 0.478. The van der Waals surface area contributed by atoms with Crippen molar-refractivity contribution in [2.75, 3.05) is 6.61 Å². The number of hydrogen-bond acceptors (Lipinski definition) is 4. The third kappa shape index (κ3) is 4.48. The Labute approximate surface area is 169 Å². The number of azo groups is 1. The summed E-state index contributed by atoms with van der Waals surface area (Å²) in [6.45, 7) is 2.37. The molecule has 0 fully saturated rings. The number of halogens is 2. The maximum absolute atomic E-state index is 12.0. The first-order chi connectivity index (χ1) is 13.0. The van der Waals surface area contributed by atoms with Crippen LogP contribution in [0.3, 0.4) is 0 Å². The Balaban J connectivity index is 1.81. The zero-order valence-electron chi connectivity index (χ0n) is 14.5. The van der Waals surface area contributed by atoms with E-state index in [2.05, 4.69) is 26.2 Å². The number of carbonyl (C=O) groups excluding carboxylic acids is 1. The molecule has 0 saturated carbocycles. The normalized spacial score (nSPS) is 11.4. The van der Waals surface area contributed by atoms with Crippen LogP contribution >= 0.6 is 27.5 Å². The van der Waals surface area contributed by atoms with Gasteiger partial charge >= 0.3 is 5.91 Å². The lowest BCUT2D eigenvalue weighted by Gasteiger charge is -2.04. The van der Waals surface area contributed by atoms with Crippen LogP contribution < -0.4 is 4.74 Å². The second kappa shape index (κ2) is 8.54. The first-order valence-corrected chi connectivity index (χ1v) is 9.50. The lowest BCUT2D eigenvalue weighted by atomic mass is 10.2. The lowest BCUT2D eigenvalue weighted by molar-refractivity contribution is -0.120. The topological polar surface area (TPSA) is 76.2 Å². The van der Waals surface area contributed by atoms with Crippen molar-refractivity contribution in [2.24, 2.45) is 10.2 Å². The van der Waals surface area contributed by atoms with Crippen LogP contribution in [-0.4, -0.2) is 22.2 Å². The Morgan fingerprint density at radius 1 is 1.30 bits per heavy atom. The van der Waals surface area contributed by atoms with Crippen molar-refractivity contribution in [2.45, 2.75) is 19.9 Å². The minimum absolute atomic E-state index is 0.0164. The van der Waals surface area contributed by atoms with E-state index in [1.165, 1.54) is 0 Å². The average molecular weight is 451 g/mol. The highest BCUT2D eigenvalue weighted by molar-refractivity contribution is 9.10. The van der Waals surface area contributed by atoms with Crippen molar-refractivity contribution in [3.63, 3.8) is 0 Å². The smallest absolute Gasteiger partial charge is 0.302 e. The molecular weight excluding hydrogens is 434 g/mol. The summed E-state index contributed by atoms with van der Waals surface area (Å²) in [6, 6.07) is 12.3. The van der Waals surface area contributed by atoms with E-state index in [1.807, 2.05) is 25.1 Å². The molecule has 0 spiro atoms. The fraction of sp³-hybridized carbons (Fsp3) is 0.211. The van der Waals surface area contributed by atoms with E-state index in [9.17, 15) is 9.90 Å². The number of aryl methyl sites for hydroxylation is 1. The maximum Gasteiger partial charge on any atom is 0.302 e. The third-order valence-corrected chi connectivity index (χ3v) is 4.57. The number of carbonyl (C=O) groups is 1. The van der Waals surface area contributed by atoms with Crippen LogP contribution in [0.2, 0.25) is 5.02 Å². The first-order valence-electron chi connectivity index (χ1n) is 8.33. The molecule has 6 nitrogen and oxygen atoms in total. The summed E-state index contributed by atoms with van der Waals surface area (Å²) in [5.74, 6) is -0.115. The van der Waals surface area contributed by atoms with Gasteiger partial charge in [0.25, 0.3) is 0 Å². The van der Waals surface area contributed by atoms with E-state index in [1.54, 1.807) is 28.8 Å². The molecule has 2 aromatic carbocycles.